The van der Waals surface area contributed by atoms with E-state index in [0.29, 0.717) is 19.0 Å². The van der Waals surface area contributed by atoms with Gasteiger partial charge < -0.3 is 10.6 Å². The lowest BCUT2D eigenvalue weighted by atomic mass is 10.3. The molecule has 128 valence electrons. The van der Waals surface area contributed by atoms with Crippen LogP contribution >= 0.6 is 35.3 Å². The van der Waals surface area contributed by atoms with Crippen molar-refractivity contribution in [3.8, 4) is 0 Å². The van der Waals surface area contributed by atoms with E-state index in [1.807, 2.05) is 20.8 Å². The van der Waals surface area contributed by atoms with Crippen LogP contribution in [-0.2, 0) is 6.42 Å². The minimum absolute atomic E-state index is 0. The van der Waals surface area contributed by atoms with Crippen molar-refractivity contribution in [3.05, 3.63) is 15.6 Å². The summed E-state index contributed by atoms with van der Waals surface area (Å²) in [5, 5.41) is 7.00. The zero-order chi connectivity index (χ0) is 15.9. The Balaban J connectivity index is 0.00000441. The predicted molar refractivity (Wildman–Crippen MR) is 95.4 cm³/mol. The van der Waals surface area contributed by atoms with Gasteiger partial charge in [0.25, 0.3) is 0 Å². The number of aliphatic imine (C=N–C) groups is 1. The fourth-order valence-electron chi connectivity index (χ4n) is 1.74. The average Bonchev–Trinajstić information content (AvgIpc) is 2.66. The molecule has 1 heterocycles. The van der Waals surface area contributed by atoms with Crippen LogP contribution in [0.5, 0.6) is 0 Å². The third-order valence-electron chi connectivity index (χ3n) is 2.65. The molecule has 0 saturated carbocycles. The maximum Gasteiger partial charge on any atom is 0.390 e. The van der Waals surface area contributed by atoms with Gasteiger partial charge in [-0.25, -0.2) is 4.98 Å². The molecule has 2 N–H and O–H groups in total. The van der Waals surface area contributed by atoms with E-state index in [9.17, 15) is 13.2 Å². The van der Waals surface area contributed by atoms with E-state index in [-0.39, 0.29) is 30.5 Å². The third-order valence-corrected chi connectivity index (χ3v) is 3.79. The van der Waals surface area contributed by atoms with Crippen molar-refractivity contribution in [3.63, 3.8) is 0 Å². The van der Waals surface area contributed by atoms with E-state index in [1.54, 1.807) is 11.3 Å². The molecular formula is C13H22F3IN4S. The highest BCUT2D eigenvalue weighted by Crippen LogP contribution is 2.19. The zero-order valence-electron chi connectivity index (χ0n) is 12.9. The minimum atomic E-state index is -4.17. The number of thiazole rings is 1. The number of hydrogen-bond donors (Lipinski definition) is 2. The van der Waals surface area contributed by atoms with E-state index in [4.69, 9.17) is 0 Å². The maximum absolute atomic E-state index is 12.1. The highest BCUT2D eigenvalue weighted by molar-refractivity contribution is 14.0. The van der Waals surface area contributed by atoms with Crippen molar-refractivity contribution < 1.29 is 13.2 Å². The van der Waals surface area contributed by atoms with Crippen LogP contribution in [0.2, 0.25) is 0 Å². The summed E-state index contributed by atoms with van der Waals surface area (Å²) in [6, 6.07) is 0. The molecule has 0 aromatic carbocycles. The SMILES string of the molecule is CCNC(=NCCC(F)(F)F)NCCc1sc(C)nc1C.I. The summed E-state index contributed by atoms with van der Waals surface area (Å²) in [4.78, 5) is 9.45. The summed E-state index contributed by atoms with van der Waals surface area (Å²) < 4.78 is 36.3. The Morgan fingerprint density at radius 2 is 1.95 bits per heavy atom. The van der Waals surface area contributed by atoms with E-state index in [2.05, 4.69) is 20.6 Å². The number of nitrogens with one attached hydrogen (secondary N) is 2. The first-order valence-corrected chi connectivity index (χ1v) is 7.65. The number of aromatic nitrogens is 1. The molecule has 9 heteroatoms. The first kappa shape index (κ1) is 21.4. The molecule has 4 nitrogen and oxygen atoms in total. The molecular weight excluding hydrogens is 428 g/mol. The summed E-state index contributed by atoms with van der Waals surface area (Å²) in [5.74, 6) is 0.417. The number of guanidine groups is 1. The van der Waals surface area contributed by atoms with E-state index in [1.165, 1.54) is 4.88 Å². The van der Waals surface area contributed by atoms with Gasteiger partial charge in [0.05, 0.1) is 23.7 Å². The Bertz CT molecular complexity index is 474. The van der Waals surface area contributed by atoms with Gasteiger partial charge in [0, 0.05) is 24.4 Å². The van der Waals surface area contributed by atoms with Gasteiger partial charge in [-0.1, -0.05) is 0 Å². The number of rotatable bonds is 6. The van der Waals surface area contributed by atoms with Crippen molar-refractivity contribution in [2.75, 3.05) is 19.6 Å². The van der Waals surface area contributed by atoms with Crippen LogP contribution in [0.3, 0.4) is 0 Å². The number of aryl methyl sites for hydroxylation is 2. The minimum Gasteiger partial charge on any atom is -0.357 e. The second-order valence-corrected chi connectivity index (χ2v) is 5.83. The Morgan fingerprint density at radius 3 is 2.45 bits per heavy atom. The molecule has 1 aromatic rings. The molecule has 0 amide bonds. The molecule has 0 fully saturated rings. The molecule has 0 aliphatic rings. The maximum atomic E-state index is 12.1. The quantitative estimate of drug-likeness (QED) is 0.397. The molecule has 1 rings (SSSR count). The Hall–Kier alpha value is -0.580. The van der Waals surface area contributed by atoms with Gasteiger partial charge in [-0.05, 0) is 20.8 Å². The predicted octanol–water partition coefficient (Wildman–Crippen LogP) is 3.43. The van der Waals surface area contributed by atoms with Gasteiger partial charge in [-0.15, -0.1) is 35.3 Å². The van der Waals surface area contributed by atoms with Gasteiger partial charge in [-0.3, -0.25) is 4.99 Å². The molecule has 0 aliphatic heterocycles. The zero-order valence-corrected chi connectivity index (χ0v) is 16.0. The van der Waals surface area contributed by atoms with Crippen molar-refractivity contribution in [2.45, 2.75) is 39.8 Å². The summed E-state index contributed by atoms with van der Waals surface area (Å²) in [5.41, 5.74) is 1.01. The van der Waals surface area contributed by atoms with E-state index >= 15 is 0 Å². The lowest BCUT2D eigenvalue weighted by molar-refractivity contribution is -0.132. The molecule has 0 aliphatic carbocycles. The molecule has 0 atom stereocenters. The Labute approximate surface area is 150 Å². The van der Waals surface area contributed by atoms with Crippen LogP contribution in [0.4, 0.5) is 13.2 Å². The molecule has 1 aromatic heterocycles. The second-order valence-electron chi connectivity index (χ2n) is 4.54. The van der Waals surface area contributed by atoms with Crippen molar-refractivity contribution in [1.29, 1.82) is 0 Å². The summed E-state index contributed by atoms with van der Waals surface area (Å²) in [7, 11) is 0. The lowest BCUT2D eigenvalue weighted by Crippen LogP contribution is -2.38. The van der Waals surface area contributed by atoms with Crippen LogP contribution in [0, 0.1) is 13.8 Å². The van der Waals surface area contributed by atoms with Gasteiger partial charge in [-0.2, -0.15) is 13.2 Å². The standard InChI is InChI=1S/C13H21F3N4S.HI/c1-4-17-12(19-8-6-13(14,15)16)18-7-5-11-9(2)20-10(3)21-11;/h4-8H2,1-3H3,(H2,17,18,19);1H. The Morgan fingerprint density at radius 1 is 1.27 bits per heavy atom. The second kappa shape index (κ2) is 10.2. The first-order valence-electron chi connectivity index (χ1n) is 6.83. The van der Waals surface area contributed by atoms with Crippen LogP contribution < -0.4 is 10.6 Å². The molecule has 0 spiro atoms. The van der Waals surface area contributed by atoms with Gasteiger partial charge in [0.1, 0.15) is 0 Å². The Kier molecular flexibility index (Phi) is 9.97. The van der Waals surface area contributed by atoms with E-state index < -0.39 is 12.6 Å². The van der Waals surface area contributed by atoms with Gasteiger partial charge in [0.2, 0.25) is 0 Å². The molecule has 0 radical (unpaired) electrons. The van der Waals surface area contributed by atoms with Crippen LogP contribution in [0.25, 0.3) is 0 Å². The fourth-order valence-corrected chi connectivity index (χ4v) is 2.67. The first-order chi connectivity index (χ1) is 9.81. The van der Waals surface area contributed by atoms with Crippen LogP contribution in [0.1, 0.15) is 28.9 Å². The summed E-state index contributed by atoms with van der Waals surface area (Å²) in [6.45, 7) is 6.74. The molecule has 22 heavy (non-hydrogen) atoms. The molecule has 0 bridgehead atoms. The smallest absolute Gasteiger partial charge is 0.357 e. The third kappa shape index (κ3) is 8.76. The highest BCUT2D eigenvalue weighted by Gasteiger charge is 2.26. The topological polar surface area (TPSA) is 49.3 Å². The number of nitrogens with zero attached hydrogens (tertiary/aromatic N) is 2. The molecule has 0 saturated heterocycles. The molecule has 0 unspecified atom stereocenters. The van der Waals surface area contributed by atoms with Crippen LogP contribution in [0.15, 0.2) is 4.99 Å². The average molecular weight is 450 g/mol. The fraction of sp³-hybridized carbons (Fsp3) is 0.692. The van der Waals surface area contributed by atoms with Gasteiger partial charge >= 0.3 is 6.18 Å². The number of hydrogen-bond acceptors (Lipinski definition) is 3. The van der Waals surface area contributed by atoms with Crippen molar-refractivity contribution in [1.82, 2.24) is 15.6 Å². The van der Waals surface area contributed by atoms with Crippen LogP contribution in [-0.4, -0.2) is 36.8 Å². The normalized spacial score (nSPS) is 12.0. The summed E-state index contributed by atoms with van der Waals surface area (Å²) in [6.07, 6.45) is -4.30. The number of halogens is 4. The number of alkyl halides is 3. The monoisotopic (exact) mass is 450 g/mol. The van der Waals surface area contributed by atoms with Gasteiger partial charge in [0.15, 0.2) is 5.96 Å². The lowest BCUT2D eigenvalue weighted by Gasteiger charge is -2.11. The summed E-state index contributed by atoms with van der Waals surface area (Å²) >= 11 is 1.64. The van der Waals surface area contributed by atoms with Crippen molar-refractivity contribution >= 4 is 41.3 Å². The largest absolute Gasteiger partial charge is 0.390 e. The van der Waals surface area contributed by atoms with E-state index in [0.717, 1.165) is 17.1 Å². The highest BCUT2D eigenvalue weighted by atomic mass is 127. The van der Waals surface area contributed by atoms with Crippen molar-refractivity contribution in [2.24, 2.45) is 4.99 Å².